The second-order valence-electron chi connectivity index (χ2n) is 11.3. The topological polar surface area (TPSA) is 125 Å². The van der Waals surface area contributed by atoms with Crippen LogP contribution in [0.5, 0.6) is 0 Å². The normalized spacial score (nSPS) is 20.9. The minimum Gasteiger partial charge on any atom is -0.387 e. The molecule has 2 aliphatic rings. The predicted octanol–water partition coefficient (Wildman–Crippen LogP) is 4.19. The van der Waals surface area contributed by atoms with E-state index in [2.05, 4.69) is 17.2 Å². The van der Waals surface area contributed by atoms with E-state index in [0.717, 1.165) is 36.2 Å². The maximum atomic E-state index is 15.0. The van der Waals surface area contributed by atoms with Crippen LogP contribution in [0.25, 0.3) is 11.3 Å². The maximum Gasteiger partial charge on any atom is 0.274 e. The Morgan fingerprint density at radius 2 is 1.80 bits per heavy atom. The highest BCUT2D eigenvalue weighted by atomic mass is 19.1. The monoisotopic (exact) mass is 555 g/mol. The number of carbonyl (C=O) groups excluding carboxylic acids is 1. The zero-order valence-corrected chi connectivity index (χ0v) is 22.5. The van der Waals surface area contributed by atoms with Crippen molar-refractivity contribution in [1.82, 2.24) is 9.97 Å². The number of rotatable bonds is 5. The van der Waals surface area contributed by atoms with E-state index in [4.69, 9.17) is 10.7 Å². The second kappa shape index (κ2) is 10.5. The molecule has 0 radical (unpaired) electrons. The number of hydrogen-bond acceptors (Lipinski definition) is 7. The first-order valence-electron chi connectivity index (χ1n) is 13.2. The van der Waals surface area contributed by atoms with Gasteiger partial charge in [0.15, 0.2) is 5.82 Å². The average Bonchev–Trinajstić information content (AvgIpc) is 3.22. The lowest BCUT2D eigenvalue weighted by molar-refractivity contribution is 0.0778. The van der Waals surface area contributed by atoms with Crippen molar-refractivity contribution in [3.63, 3.8) is 0 Å². The fourth-order valence-corrected chi connectivity index (χ4v) is 5.47. The van der Waals surface area contributed by atoms with Crippen molar-refractivity contribution in [2.24, 2.45) is 11.7 Å². The number of nitrogens with zero attached hydrogens (tertiary/aromatic N) is 3. The SMILES string of the molecule is C[C@@H]1C[C@H](N)CN(c2nc3c(cc2NC(=O)c2ccc(F)c(-c4c(F)cc(C(C)(C)O)cc4F)n2)CC[C@H]3O)C1. The molecule has 1 aromatic carbocycles. The summed E-state index contributed by atoms with van der Waals surface area (Å²) in [6, 6.07) is 5.53. The quantitative estimate of drug-likeness (QED) is 0.372. The van der Waals surface area contributed by atoms with Gasteiger partial charge in [-0.3, -0.25) is 4.79 Å². The van der Waals surface area contributed by atoms with Gasteiger partial charge in [-0.15, -0.1) is 0 Å². The second-order valence-corrected chi connectivity index (χ2v) is 11.3. The Bertz CT molecular complexity index is 1440. The largest absolute Gasteiger partial charge is 0.387 e. The molecule has 5 rings (SSSR count). The van der Waals surface area contributed by atoms with Crippen LogP contribution in [0.15, 0.2) is 30.3 Å². The number of pyridine rings is 2. The molecular weight excluding hydrogens is 523 g/mol. The van der Waals surface area contributed by atoms with Crippen molar-refractivity contribution in [1.29, 1.82) is 0 Å². The first kappa shape index (κ1) is 28.0. The molecule has 40 heavy (non-hydrogen) atoms. The predicted molar refractivity (Wildman–Crippen MR) is 144 cm³/mol. The third-order valence-electron chi connectivity index (χ3n) is 7.42. The number of anilines is 2. The summed E-state index contributed by atoms with van der Waals surface area (Å²) < 4.78 is 44.7. The van der Waals surface area contributed by atoms with Crippen LogP contribution >= 0.6 is 0 Å². The number of piperidine rings is 1. The Labute approximate surface area is 230 Å². The first-order valence-corrected chi connectivity index (χ1v) is 13.2. The fourth-order valence-electron chi connectivity index (χ4n) is 5.47. The van der Waals surface area contributed by atoms with Crippen LogP contribution in [0.4, 0.5) is 24.7 Å². The van der Waals surface area contributed by atoms with Gasteiger partial charge in [0.1, 0.15) is 28.8 Å². The molecule has 1 amide bonds. The van der Waals surface area contributed by atoms with Crippen molar-refractivity contribution in [2.45, 2.75) is 57.8 Å². The van der Waals surface area contributed by atoms with E-state index in [0.29, 0.717) is 43.1 Å². The summed E-state index contributed by atoms with van der Waals surface area (Å²) in [7, 11) is 0. The van der Waals surface area contributed by atoms with Crippen molar-refractivity contribution in [2.75, 3.05) is 23.3 Å². The Kier molecular flexibility index (Phi) is 7.32. The van der Waals surface area contributed by atoms with Gasteiger partial charge in [0.05, 0.1) is 28.6 Å². The van der Waals surface area contributed by atoms with E-state index >= 15 is 0 Å². The number of halogens is 3. The lowest BCUT2D eigenvalue weighted by Crippen LogP contribution is -2.47. The van der Waals surface area contributed by atoms with Gasteiger partial charge in [-0.25, -0.2) is 23.1 Å². The third kappa shape index (κ3) is 5.41. The summed E-state index contributed by atoms with van der Waals surface area (Å²) in [5.74, 6) is -3.26. The molecule has 1 aliphatic carbocycles. The molecule has 8 nitrogen and oxygen atoms in total. The van der Waals surface area contributed by atoms with Crippen LogP contribution in [0.1, 0.15) is 67.0 Å². The number of fused-ring (bicyclic) bond motifs is 1. The lowest BCUT2D eigenvalue weighted by Gasteiger charge is -2.36. The van der Waals surface area contributed by atoms with E-state index < -0.39 is 46.3 Å². The Balaban J connectivity index is 1.51. The molecule has 0 saturated carbocycles. The summed E-state index contributed by atoms with van der Waals surface area (Å²) >= 11 is 0. The van der Waals surface area contributed by atoms with E-state index in [1.165, 1.54) is 13.8 Å². The highest BCUT2D eigenvalue weighted by Crippen LogP contribution is 2.37. The molecule has 2 aromatic heterocycles. The van der Waals surface area contributed by atoms with Crippen LogP contribution < -0.4 is 16.0 Å². The van der Waals surface area contributed by atoms with Crippen molar-refractivity contribution in [3.8, 4) is 11.3 Å². The molecule has 0 spiro atoms. The summed E-state index contributed by atoms with van der Waals surface area (Å²) in [6.07, 6.45) is 1.24. The van der Waals surface area contributed by atoms with Gasteiger partial charge in [0, 0.05) is 19.1 Å². The molecule has 1 fully saturated rings. The number of aliphatic hydroxyl groups is 2. The molecule has 3 aromatic rings. The van der Waals surface area contributed by atoms with Crippen LogP contribution in [0, 0.1) is 23.4 Å². The first-order chi connectivity index (χ1) is 18.8. The highest BCUT2D eigenvalue weighted by molar-refractivity contribution is 6.04. The molecule has 1 aliphatic heterocycles. The van der Waals surface area contributed by atoms with Crippen LogP contribution in [0.2, 0.25) is 0 Å². The number of hydrogen-bond donors (Lipinski definition) is 4. The Morgan fingerprint density at radius 3 is 2.45 bits per heavy atom. The van der Waals surface area contributed by atoms with Gasteiger partial charge in [-0.1, -0.05) is 6.92 Å². The summed E-state index contributed by atoms with van der Waals surface area (Å²) in [5.41, 5.74) is 4.74. The van der Waals surface area contributed by atoms with Crippen molar-refractivity contribution >= 4 is 17.4 Å². The number of carbonyl (C=O) groups is 1. The molecule has 0 bridgehead atoms. The zero-order chi connectivity index (χ0) is 28.9. The number of aromatic nitrogens is 2. The summed E-state index contributed by atoms with van der Waals surface area (Å²) in [5, 5.41) is 23.3. The molecule has 0 unspecified atom stereocenters. The van der Waals surface area contributed by atoms with E-state index in [1.807, 2.05) is 4.90 Å². The van der Waals surface area contributed by atoms with Crippen molar-refractivity contribution < 1.29 is 28.2 Å². The number of aryl methyl sites for hydroxylation is 1. The molecule has 212 valence electrons. The van der Waals surface area contributed by atoms with E-state index in [-0.39, 0.29) is 23.2 Å². The standard InChI is InChI=1S/C29H32F3N5O3/c1-14-8-17(33)13-37(12-14)27-22(9-15-4-7-23(38)25(15)36-27)35-28(39)21-6-5-18(30)26(34-21)24-19(31)10-16(11-20(24)32)29(2,3)40/h5-6,9-11,14,17,23,38,40H,4,7-8,12-13,33H2,1-3H3,(H,35,39)/t14-,17+,23-/m1/s1. The van der Waals surface area contributed by atoms with Crippen LogP contribution in [0.3, 0.4) is 0 Å². The van der Waals surface area contributed by atoms with Gasteiger partial charge >= 0.3 is 0 Å². The van der Waals surface area contributed by atoms with E-state index in [1.54, 1.807) is 6.07 Å². The fraction of sp³-hybridized carbons (Fsp3) is 0.414. The summed E-state index contributed by atoms with van der Waals surface area (Å²) in [6.45, 7) is 5.96. The smallest absolute Gasteiger partial charge is 0.274 e. The van der Waals surface area contributed by atoms with Crippen LogP contribution in [-0.2, 0) is 12.0 Å². The highest BCUT2D eigenvalue weighted by Gasteiger charge is 2.31. The van der Waals surface area contributed by atoms with Gasteiger partial charge in [0.25, 0.3) is 5.91 Å². The zero-order valence-electron chi connectivity index (χ0n) is 22.5. The van der Waals surface area contributed by atoms with Gasteiger partial charge in [-0.2, -0.15) is 0 Å². The average molecular weight is 556 g/mol. The number of nitrogens with two attached hydrogens (primary N) is 1. The maximum absolute atomic E-state index is 15.0. The van der Waals surface area contributed by atoms with Gasteiger partial charge < -0.3 is 26.2 Å². The number of aliphatic hydroxyl groups excluding tert-OH is 1. The van der Waals surface area contributed by atoms with E-state index in [9.17, 15) is 28.2 Å². The molecule has 3 heterocycles. The molecule has 5 N–H and O–H groups in total. The number of benzene rings is 1. The number of amides is 1. The van der Waals surface area contributed by atoms with Crippen molar-refractivity contribution in [3.05, 3.63) is 70.3 Å². The van der Waals surface area contributed by atoms with Gasteiger partial charge in [0.2, 0.25) is 0 Å². The lowest BCUT2D eigenvalue weighted by atomic mass is 9.95. The number of nitrogens with one attached hydrogen (secondary N) is 1. The Hall–Kier alpha value is -3.54. The molecule has 11 heteroatoms. The Morgan fingerprint density at radius 1 is 1.10 bits per heavy atom. The minimum absolute atomic E-state index is 0.0333. The third-order valence-corrected chi connectivity index (χ3v) is 7.42. The molecule has 1 saturated heterocycles. The summed E-state index contributed by atoms with van der Waals surface area (Å²) in [4.78, 5) is 24.0. The molecular formula is C29H32F3N5O3. The van der Waals surface area contributed by atoms with Gasteiger partial charge in [-0.05, 0) is 80.5 Å². The minimum atomic E-state index is -1.53. The molecule has 3 atom stereocenters. The van der Waals surface area contributed by atoms with Crippen LogP contribution in [-0.4, -0.2) is 45.2 Å².